The summed E-state index contributed by atoms with van der Waals surface area (Å²) in [5.74, 6) is -0.236. The third kappa shape index (κ3) is 2.80. The van der Waals surface area contributed by atoms with Crippen molar-refractivity contribution >= 4 is 27.5 Å². The van der Waals surface area contributed by atoms with Crippen molar-refractivity contribution in [2.75, 3.05) is 5.32 Å². The van der Waals surface area contributed by atoms with Crippen LogP contribution in [0.1, 0.15) is 32.1 Å². The number of anilines is 1. The van der Waals surface area contributed by atoms with Crippen LogP contribution in [0.5, 0.6) is 0 Å². The van der Waals surface area contributed by atoms with E-state index in [1.165, 1.54) is 6.42 Å². The Bertz CT molecular complexity index is 396. The summed E-state index contributed by atoms with van der Waals surface area (Å²) in [5, 5.41) is 3.33. The predicted molar refractivity (Wildman–Crippen MR) is 72.8 cm³/mol. The van der Waals surface area contributed by atoms with Crippen LogP contribution >= 0.6 is 15.9 Å². The predicted octanol–water partition coefficient (Wildman–Crippen LogP) is 3.05. The molecule has 1 aromatic carbocycles. The lowest BCUT2D eigenvalue weighted by Gasteiger charge is -2.36. The Morgan fingerprint density at radius 3 is 2.29 bits per heavy atom. The molecule has 0 aromatic heterocycles. The highest BCUT2D eigenvalue weighted by molar-refractivity contribution is 9.10. The highest BCUT2D eigenvalue weighted by atomic mass is 79.9. The van der Waals surface area contributed by atoms with Crippen molar-refractivity contribution in [3.8, 4) is 0 Å². The van der Waals surface area contributed by atoms with Gasteiger partial charge in [-0.25, -0.2) is 0 Å². The number of benzene rings is 1. The molecule has 0 bridgehead atoms. The Kier molecular flexibility index (Phi) is 3.72. The Labute approximate surface area is 110 Å². The van der Waals surface area contributed by atoms with Gasteiger partial charge in [-0.2, -0.15) is 0 Å². The van der Waals surface area contributed by atoms with Crippen molar-refractivity contribution in [2.24, 2.45) is 5.73 Å². The maximum atomic E-state index is 11.7. The molecule has 1 saturated carbocycles. The lowest BCUT2D eigenvalue weighted by molar-refractivity contribution is -0.123. The van der Waals surface area contributed by atoms with E-state index >= 15 is 0 Å². The van der Waals surface area contributed by atoms with Gasteiger partial charge in [0.05, 0.1) is 0 Å². The average molecular weight is 297 g/mol. The number of hydrogen-bond acceptors (Lipinski definition) is 2. The standard InChI is InChI=1S/C13H17BrN2O/c14-10-4-6-11(7-5-10)16-13(12(15)17)8-2-1-3-9-13/h4-7,16H,1-3,8-9H2,(H2,15,17). The summed E-state index contributed by atoms with van der Waals surface area (Å²) < 4.78 is 1.03. The van der Waals surface area contributed by atoms with Gasteiger partial charge in [-0.15, -0.1) is 0 Å². The van der Waals surface area contributed by atoms with Gasteiger partial charge < -0.3 is 11.1 Å². The van der Waals surface area contributed by atoms with E-state index in [0.29, 0.717) is 0 Å². The van der Waals surface area contributed by atoms with E-state index in [0.717, 1.165) is 35.8 Å². The number of nitrogens with two attached hydrogens (primary N) is 1. The Morgan fingerprint density at radius 2 is 1.76 bits per heavy atom. The molecular weight excluding hydrogens is 280 g/mol. The molecule has 0 heterocycles. The first-order valence-electron chi connectivity index (χ1n) is 5.96. The molecule has 92 valence electrons. The number of hydrogen-bond donors (Lipinski definition) is 2. The number of halogens is 1. The van der Waals surface area contributed by atoms with E-state index in [-0.39, 0.29) is 5.91 Å². The monoisotopic (exact) mass is 296 g/mol. The van der Waals surface area contributed by atoms with Gasteiger partial charge >= 0.3 is 0 Å². The molecule has 0 unspecified atom stereocenters. The molecule has 0 saturated heterocycles. The SMILES string of the molecule is NC(=O)C1(Nc2ccc(Br)cc2)CCCCC1. The van der Waals surface area contributed by atoms with Gasteiger partial charge in [0.2, 0.25) is 5.91 Å². The van der Waals surface area contributed by atoms with E-state index in [2.05, 4.69) is 21.2 Å². The highest BCUT2D eigenvalue weighted by Crippen LogP contribution is 2.31. The second kappa shape index (κ2) is 5.08. The Hall–Kier alpha value is -1.03. The van der Waals surface area contributed by atoms with Gasteiger partial charge in [0.25, 0.3) is 0 Å². The number of carbonyl (C=O) groups is 1. The third-order valence-corrected chi connectivity index (χ3v) is 3.94. The van der Waals surface area contributed by atoms with Crippen LogP contribution in [0.3, 0.4) is 0 Å². The normalized spacial score (nSPS) is 18.6. The summed E-state index contributed by atoms with van der Waals surface area (Å²) >= 11 is 3.39. The number of amides is 1. The molecule has 1 aliphatic carbocycles. The van der Waals surface area contributed by atoms with E-state index in [4.69, 9.17) is 5.73 Å². The summed E-state index contributed by atoms with van der Waals surface area (Å²) in [6.45, 7) is 0. The maximum absolute atomic E-state index is 11.7. The molecule has 17 heavy (non-hydrogen) atoms. The first-order chi connectivity index (χ1) is 8.12. The second-order valence-electron chi connectivity index (χ2n) is 4.64. The molecule has 2 rings (SSSR count). The smallest absolute Gasteiger partial charge is 0.243 e. The van der Waals surface area contributed by atoms with Crippen molar-refractivity contribution in [3.63, 3.8) is 0 Å². The molecule has 4 heteroatoms. The minimum Gasteiger partial charge on any atom is -0.371 e. The molecule has 0 aliphatic heterocycles. The minimum absolute atomic E-state index is 0.236. The van der Waals surface area contributed by atoms with Crippen molar-refractivity contribution in [2.45, 2.75) is 37.6 Å². The average Bonchev–Trinajstić information content (AvgIpc) is 2.33. The molecule has 1 aromatic rings. The Morgan fingerprint density at radius 1 is 1.18 bits per heavy atom. The van der Waals surface area contributed by atoms with Gasteiger partial charge in [0.15, 0.2) is 0 Å². The maximum Gasteiger partial charge on any atom is 0.243 e. The van der Waals surface area contributed by atoms with Crippen LogP contribution in [-0.2, 0) is 4.79 Å². The first kappa shape index (κ1) is 12.4. The zero-order valence-corrected chi connectivity index (χ0v) is 11.3. The topological polar surface area (TPSA) is 55.1 Å². The third-order valence-electron chi connectivity index (χ3n) is 3.41. The molecule has 0 spiro atoms. The Balaban J connectivity index is 2.17. The van der Waals surface area contributed by atoms with Gasteiger partial charge in [-0.3, -0.25) is 4.79 Å². The molecular formula is C13H17BrN2O. The van der Waals surface area contributed by atoms with Gasteiger partial charge in [0.1, 0.15) is 5.54 Å². The second-order valence-corrected chi connectivity index (χ2v) is 5.55. The zero-order chi connectivity index (χ0) is 12.3. The molecule has 1 aliphatic rings. The van der Waals surface area contributed by atoms with Crippen molar-refractivity contribution in [1.29, 1.82) is 0 Å². The van der Waals surface area contributed by atoms with Crippen molar-refractivity contribution in [1.82, 2.24) is 0 Å². The van der Waals surface area contributed by atoms with Crippen molar-refractivity contribution in [3.05, 3.63) is 28.7 Å². The molecule has 3 nitrogen and oxygen atoms in total. The lowest BCUT2D eigenvalue weighted by atomic mass is 9.81. The number of rotatable bonds is 3. The van der Waals surface area contributed by atoms with Gasteiger partial charge in [-0.05, 0) is 37.1 Å². The van der Waals surface area contributed by atoms with E-state index in [1.807, 2.05) is 24.3 Å². The molecule has 1 amide bonds. The zero-order valence-electron chi connectivity index (χ0n) is 9.71. The molecule has 0 atom stereocenters. The first-order valence-corrected chi connectivity index (χ1v) is 6.75. The molecule has 0 radical (unpaired) electrons. The summed E-state index contributed by atoms with van der Waals surface area (Å²) in [5.41, 5.74) is 5.97. The highest BCUT2D eigenvalue weighted by Gasteiger charge is 2.37. The van der Waals surface area contributed by atoms with E-state index in [1.54, 1.807) is 0 Å². The van der Waals surface area contributed by atoms with Gasteiger partial charge in [-0.1, -0.05) is 35.2 Å². The van der Waals surface area contributed by atoms with Crippen LogP contribution in [0.15, 0.2) is 28.7 Å². The van der Waals surface area contributed by atoms with Crippen LogP contribution in [-0.4, -0.2) is 11.4 Å². The van der Waals surface area contributed by atoms with Crippen LogP contribution in [0.25, 0.3) is 0 Å². The van der Waals surface area contributed by atoms with Crippen LogP contribution < -0.4 is 11.1 Å². The molecule has 1 fully saturated rings. The quantitative estimate of drug-likeness (QED) is 0.901. The van der Waals surface area contributed by atoms with Crippen LogP contribution in [0.2, 0.25) is 0 Å². The fourth-order valence-electron chi connectivity index (χ4n) is 2.40. The van der Waals surface area contributed by atoms with Crippen LogP contribution in [0.4, 0.5) is 5.69 Å². The fraction of sp³-hybridized carbons (Fsp3) is 0.462. The van der Waals surface area contributed by atoms with E-state index < -0.39 is 5.54 Å². The number of carbonyl (C=O) groups excluding carboxylic acids is 1. The lowest BCUT2D eigenvalue weighted by Crippen LogP contribution is -2.51. The van der Waals surface area contributed by atoms with E-state index in [9.17, 15) is 4.79 Å². The summed E-state index contributed by atoms with van der Waals surface area (Å²) in [6, 6.07) is 7.84. The fourth-order valence-corrected chi connectivity index (χ4v) is 2.66. The largest absolute Gasteiger partial charge is 0.371 e. The van der Waals surface area contributed by atoms with Gasteiger partial charge in [0, 0.05) is 10.2 Å². The minimum atomic E-state index is -0.550. The number of nitrogens with one attached hydrogen (secondary N) is 1. The summed E-state index contributed by atoms with van der Waals surface area (Å²) in [7, 11) is 0. The summed E-state index contributed by atoms with van der Waals surface area (Å²) in [6.07, 6.45) is 4.98. The van der Waals surface area contributed by atoms with Crippen molar-refractivity contribution < 1.29 is 4.79 Å². The number of primary amides is 1. The van der Waals surface area contributed by atoms with Crippen LogP contribution in [0, 0.1) is 0 Å². The summed E-state index contributed by atoms with van der Waals surface area (Å²) in [4.78, 5) is 11.7. The molecule has 3 N–H and O–H groups in total.